The van der Waals surface area contributed by atoms with Gasteiger partial charge in [-0.3, -0.25) is 0 Å². The molecule has 0 aromatic carbocycles. The Morgan fingerprint density at radius 3 is 2.13 bits per heavy atom. The molecule has 0 aliphatic heterocycles. The molecule has 0 rings (SSSR count). The van der Waals surface area contributed by atoms with E-state index in [2.05, 4.69) is 66.3 Å². The van der Waals surface area contributed by atoms with Crippen LogP contribution in [-0.2, 0) is 0 Å². The molecule has 0 fully saturated rings. The topological polar surface area (TPSA) is 0 Å². The van der Waals surface area contributed by atoms with Crippen LogP contribution < -0.4 is 0 Å². The molecule has 0 bridgehead atoms. The molecule has 0 amide bonds. The van der Waals surface area contributed by atoms with Gasteiger partial charge in [-0.25, -0.2) is 0 Å². The molecular formula is C23H40. The summed E-state index contributed by atoms with van der Waals surface area (Å²) in [6, 6.07) is 0. The van der Waals surface area contributed by atoms with Gasteiger partial charge < -0.3 is 0 Å². The van der Waals surface area contributed by atoms with Crippen LogP contribution in [0.15, 0.2) is 47.6 Å². The first kappa shape index (κ1) is 22.0. The first-order valence-electron chi connectivity index (χ1n) is 9.51. The zero-order chi connectivity index (χ0) is 17.7. The highest BCUT2D eigenvalue weighted by Crippen LogP contribution is 2.23. The fourth-order valence-electron chi connectivity index (χ4n) is 2.66. The van der Waals surface area contributed by atoms with E-state index in [1.54, 1.807) is 11.1 Å². The third-order valence-corrected chi connectivity index (χ3v) is 4.39. The molecular weight excluding hydrogens is 276 g/mol. The van der Waals surface area contributed by atoms with Crippen LogP contribution in [0.1, 0.15) is 86.5 Å². The van der Waals surface area contributed by atoms with E-state index in [9.17, 15) is 0 Å². The minimum absolute atomic E-state index is 0.718. The quantitative estimate of drug-likeness (QED) is 0.320. The van der Waals surface area contributed by atoms with E-state index in [0.717, 1.165) is 24.7 Å². The van der Waals surface area contributed by atoms with Crippen LogP contribution in [0.4, 0.5) is 0 Å². The third kappa shape index (κ3) is 12.1. The van der Waals surface area contributed by atoms with Crippen molar-refractivity contribution in [3.8, 4) is 0 Å². The minimum atomic E-state index is 0.718. The summed E-state index contributed by atoms with van der Waals surface area (Å²) in [4.78, 5) is 0. The minimum Gasteiger partial charge on any atom is -0.103 e. The molecule has 0 heteroatoms. The number of rotatable bonds is 12. The molecule has 132 valence electrons. The van der Waals surface area contributed by atoms with E-state index >= 15 is 0 Å². The van der Waals surface area contributed by atoms with Crippen molar-refractivity contribution in [3.63, 3.8) is 0 Å². The summed E-state index contributed by atoms with van der Waals surface area (Å²) in [5.74, 6) is 1.47. The molecule has 0 aromatic rings. The number of allylic oxidation sites excluding steroid dienone is 7. The van der Waals surface area contributed by atoms with Gasteiger partial charge in [0.25, 0.3) is 0 Å². The van der Waals surface area contributed by atoms with Crippen molar-refractivity contribution in [3.05, 3.63) is 47.6 Å². The Labute approximate surface area is 146 Å². The zero-order valence-corrected chi connectivity index (χ0v) is 16.6. The summed E-state index contributed by atoms with van der Waals surface area (Å²) in [5, 5.41) is 0. The van der Waals surface area contributed by atoms with Crippen LogP contribution in [0, 0.1) is 11.8 Å². The molecule has 1 unspecified atom stereocenters. The molecule has 0 aliphatic carbocycles. The lowest BCUT2D eigenvalue weighted by molar-refractivity contribution is 0.602. The summed E-state index contributed by atoms with van der Waals surface area (Å²) >= 11 is 0. The van der Waals surface area contributed by atoms with Crippen LogP contribution in [0.2, 0.25) is 0 Å². The summed E-state index contributed by atoms with van der Waals surface area (Å²) in [5.41, 5.74) is 4.61. The van der Waals surface area contributed by atoms with Gasteiger partial charge in [0.05, 0.1) is 0 Å². The van der Waals surface area contributed by atoms with Gasteiger partial charge in [0.2, 0.25) is 0 Å². The van der Waals surface area contributed by atoms with Crippen LogP contribution in [-0.4, -0.2) is 0 Å². The van der Waals surface area contributed by atoms with E-state index in [-0.39, 0.29) is 0 Å². The summed E-state index contributed by atoms with van der Waals surface area (Å²) in [6.07, 6.45) is 17.5. The van der Waals surface area contributed by atoms with Gasteiger partial charge >= 0.3 is 0 Å². The lowest BCUT2D eigenvalue weighted by Gasteiger charge is -2.15. The standard InChI is InChI=1S/C23H40/c1-8-12-22(14-10-13-19(3)4)15-11-16-23(21(7)9-2)18-17-20(5)6/h8,13,15,18,20-21H,1,9-12,14,16-17H2,2-7H3/b22-15+,23-18-. The Balaban J connectivity index is 4.66. The van der Waals surface area contributed by atoms with E-state index in [1.165, 1.54) is 37.7 Å². The van der Waals surface area contributed by atoms with Crippen LogP contribution in [0.5, 0.6) is 0 Å². The summed E-state index contributed by atoms with van der Waals surface area (Å²) in [7, 11) is 0. The molecule has 0 aromatic heterocycles. The summed E-state index contributed by atoms with van der Waals surface area (Å²) in [6.45, 7) is 17.5. The lowest BCUT2D eigenvalue weighted by Crippen LogP contribution is -1.99. The average molecular weight is 317 g/mol. The second kappa shape index (κ2) is 13.4. The van der Waals surface area contributed by atoms with Gasteiger partial charge in [-0.2, -0.15) is 0 Å². The van der Waals surface area contributed by atoms with Gasteiger partial charge in [-0.05, 0) is 70.6 Å². The van der Waals surface area contributed by atoms with Crippen LogP contribution in [0.25, 0.3) is 0 Å². The highest BCUT2D eigenvalue weighted by atomic mass is 14.1. The van der Waals surface area contributed by atoms with Gasteiger partial charge in [-0.1, -0.05) is 68.7 Å². The Morgan fingerprint density at radius 1 is 0.957 bits per heavy atom. The molecule has 0 nitrogen and oxygen atoms in total. The Bertz CT molecular complexity index is 400. The maximum atomic E-state index is 3.91. The first-order valence-corrected chi connectivity index (χ1v) is 9.51. The van der Waals surface area contributed by atoms with Gasteiger partial charge in [0, 0.05) is 0 Å². The normalized spacial score (nSPS) is 14.0. The fraction of sp³-hybridized carbons (Fsp3) is 0.652. The van der Waals surface area contributed by atoms with Crippen molar-refractivity contribution in [2.24, 2.45) is 11.8 Å². The number of hydrogen-bond acceptors (Lipinski definition) is 0. The van der Waals surface area contributed by atoms with Crippen molar-refractivity contribution in [2.45, 2.75) is 86.5 Å². The van der Waals surface area contributed by atoms with Gasteiger partial charge in [-0.15, -0.1) is 6.58 Å². The maximum absolute atomic E-state index is 3.91. The molecule has 0 radical (unpaired) electrons. The maximum Gasteiger partial charge on any atom is -0.0141 e. The summed E-state index contributed by atoms with van der Waals surface area (Å²) < 4.78 is 0. The van der Waals surface area contributed by atoms with E-state index in [4.69, 9.17) is 0 Å². The van der Waals surface area contributed by atoms with Crippen molar-refractivity contribution in [2.75, 3.05) is 0 Å². The SMILES string of the molecule is C=CC/C(=C\CC/C(=C/CC(C)C)C(C)CC)CCC=C(C)C. The van der Waals surface area contributed by atoms with E-state index in [0.29, 0.717) is 0 Å². The van der Waals surface area contributed by atoms with Crippen molar-refractivity contribution in [1.29, 1.82) is 0 Å². The average Bonchev–Trinajstić information content (AvgIpc) is 2.49. The predicted octanol–water partition coefficient (Wildman–Crippen LogP) is 8.03. The second-order valence-corrected chi connectivity index (χ2v) is 7.43. The monoisotopic (exact) mass is 316 g/mol. The van der Waals surface area contributed by atoms with Crippen LogP contribution >= 0.6 is 0 Å². The van der Waals surface area contributed by atoms with Gasteiger partial charge in [0.1, 0.15) is 0 Å². The molecule has 0 heterocycles. The smallest absolute Gasteiger partial charge is 0.0141 e. The molecule has 0 aliphatic rings. The van der Waals surface area contributed by atoms with E-state index < -0.39 is 0 Å². The Morgan fingerprint density at radius 2 is 1.61 bits per heavy atom. The number of hydrogen-bond donors (Lipinski definition) is 0. The highest BCUT2D eigenvalue weighted by molar-refractivity contribution is 5.12. The molecule has 0 spiro atoms. The second-order valence-electron chi connectivity index (χ2n) is 7.43. The highest BCUT2D eigenvalue weighted by Gasteiger charge is 2.06. The van der Waals surface area contributed by atoms with Gasteiger partial charge in [0.15, 0.2) is 0 Å². The third-order valence-electron chi connectivity index (χ3n) is 4.39. The Hall–Kier alpha value is -1.04. The molecule has 0 saturated carbocycles. The van der Waals surface area contributed by atoms with Crippen molar-refractivity contribution >= 4 is 0 Å². The van der Waals surface area contributed by atoms with Crippen molar-refractivity contribution in [1.82, 2.24) is 0 Å². The fourth-order valence-corrected chi connectivity index (χ4v) is 2.66. The lowest BCUT2D eigenvalue weighted by atomic mass is 9.91. The zero-order valence-electron chi connectivity index (χ0n) is 16.6. The molecule has 0 N–H and O–H groups in total. The predicted molar refractivity (Wildman–Crippen MR) is 108 cm³/mol. The van der Waals surface area contributed by atoms with Crippen LogP contribution in [0.3, 0.4) is 0 Å². The molecule has 0 saturated heterocycles. The van der Waals surface area contributed by atoms with Crippen molar-refractivity contribution < 1.29 is 0 Å². The first-order chi connectivity index (χ1) is 10.9. The largest absolute Gasteiger partial charge is 0.103 e. The Kier molecular flexibility index (Phi) is 12.8. The molecule has 1 atom stereocenters. The van der Waals surface area contributed by atoms with E-state index in [1.807, 2.05) is 6.08 Å². The molecule has 23 heavy (non-hydrogen) atoms.